The van der Waals surface area contributed by atoms with E-state index in [1.54, 1.807) is 6.26 Å². The van der Waals surface area contributed by atoms with Gasteiger partial charge in [-0.05, 0) is 36.5 Å². The van der Waals surface area contributed by atoms with Crippen LogP contribution in [-0.2, 0) is 13.0 Å². The number of benzene rings is 1. The molecule has 0 radical (unpaired) electrons. The Kier molecular flexibility index (Phi) is 6.95. The van der Waals surface area contributed by atoms with Crippen molar-refractivity contribution in [2.75, 3.05) is 20.1 Å². The van der Waals surface area contributed by atoms with Crippen molar-refractivity contribution >= 4 is 29.9 Å². The Bertz CT molecular complexity index is 598. The molecule has 23 heavy (non-hydrogen) atoms. The average molecular weight is 425 g/mol. The second-order valence-electron chi connectivity index (χ2n) is 5.77. The number of rotatable bonds is 4. The molecule has 0 spiro atoms. The van der Waals surface area contributed by atoms with Gasteiger partial charge in [-0.15, -0.1) is 24.0 Å². The molecule has 0 aliphatic carbocycles. The maximum atomic E-state index is 5.36. The molecule has 0 saturated carbocycles. The molecule has 4 nitrogen and oxygen atoms in total. The van der Waals surface area contributed by atoms with Crippen molar-refractivity contribution in [2.24, 2.45) is 10.9 Å². The number of hydrogen-bond donors (Lipinski definition) is 1. The van der Waals surface area contributed by atoms with Crippen LogP contribution in [0.15, 0.2) is 58.1 Å². The van der Waals surface area contributed by atoms with Crippen LogP contribution in [0.1, 0.15) is 17.7 Å². The van der Waals surface area contributed by atoms with Gasteiger partial charge in [-0.1, -0.05) is 30.3 Å². The van der Waals surface area contributed by atoms with Crippen LogP contribution in [0.2, 0.25) is 0 Å². The Labute approximate surface area is 155 Å². The van der Waals surface area contributed by atoms with Gasteiger partial charge in [0.25, 0.3) is 0 Å². The summed E-state index contributed by atoms with van der Waals surface area (Å²) in [5, 5.41) is 3.38. The minimum Gasteiger partial charge on any atom is -0.467 e. The summed E-state index contributed by atoms with van der Waals surface area (Å²) in [6.45, 7) is 2.81. The van der Waals surface area contributed by atoms with Gasteiger partial charge in [0.15, 0.2) is 5.96 Å². The van der Waals surface area contributed by atoms with Gasteiger partial charge in [-0.3, -0.25) is 4.99 Å². The van der Waals surface area contributed by atoms with E-state index in [4.69, 9.17) is 4.42 Å². The first-order valence-electron chi connectivity index (χ1n) is 7.87. The van der Waals surface area contributed by atoms with E-state index in [1.165, 1.54) is 12.0 Å². The fraction of sp³-hybridized carbons (Fsp3) is 0.389. The number of hydrogen-bond acceptors (Lipinski definition) is 2. The normalized spacial score (nSPS) is 17.9. The Morgan fingerprint density at radius 1 is 1.26 bits per heavy atom. The lowest BCUT2D eigenvalue weighted by molar-refractivity contribution is 0.449. The maximum Gasteiger partial charge on any atom is 0.194 e. The summed E-state index contributed by atoms with van der Waals surface area (Å²) in [4.78, 5) is 6.74. The molecule has 5 heteroatoms. The molecule has 2 aromatic rings. The van der Waals surface area contributed by atoms with Gasteiger partial charge in [0, 0.05) is 20.1 Å². The highest BCUT2D eigenvalue weighted by Gasteiger charge is 2.24. The number of furan rings is 1. The molecule has 1 aromatic heterocycles. The molecule has 1 aliphatic rings. The molecule has 3 rings (SSSR count). The molecule has 0 bridgehead atoms. The highest BCUT2D eigenvalue weighted by Crippen LogP contribution is 2.20. The Morgan fingerprint density at radius 2 is 2.09 bits per heavy atom. The molecular formula is C18H24IN3O. The molecule has 1 aromatic carbocycles. The Balaban J connectivity index is 0.00000192. The summed E-state index contributed by atoms with van der Waals surface area (Å²) >= 11 is 0. The maximum absolute atomic E-state index is 5.36. The van der Waals surface area contributed by atoms with Gasteiger partial charge in [-0.2, -0.15) is 0 Å². The van der Waals surface area contributed by atoms with Crippen LogP contribution in [0.5, 0.6) is 0 Å². The number of guanidine groups is 1. The molecule has 124 valence electrons. The number of likely N-dealkylation sites (tertiary alicyclic amines) is 1. The quantitative estimate of drug-likeness (QED) is 0.463. The van der Waals surface area contributed by atoms with Crippen LogP contribution in [0, 0.1) is 5.92 Å². The fourth-order valence-corrected chi connectivity index (χ4v) is 3.05. The van der Waals surface area contributed by atoms with Crippen LogP contribution in [0.25, 0.3) is 0 Å². The third-order valence-electron chi connectivity index (χ3n) is 4.17. The van der Waals surface area contributed by atoms with Crippen LogP contribution < -0.4 is 5.32 Å². The van der Waals surface area contributed by atoms with E-state index < -0.39 is 0 Å². The highest BCUT2D eigenvalue weighted by molar-refractivity contribution is 14.0. The van der Waals surface area contributed by atoms with Crippen molar-refractivity contribution in [2.45, 2.75) is 19.4 Å². The van der Waals surface area contributed by atoms with E-state index in [0.29, 0.717) is 12.5 Å². The summed E-state index contributed by atoms with van der Waals surface area (Å²) in [5.41, 5.74) is 1.42. The molecule has 1 aliphatic heterocycles. The first-order chi connectivity index (χ1) is 10.8. The average Bonchev–Trinajstić information content (AvgIpc) is 3.21. The minimum absolute atomic E-state index is 0. The molecule has 1 saturated heterocycles. The number of halogens is 1. The summed E-state index contributed by atoms with van der Waals surface area (Å²) in [6.07, 6.45) is 4.06. The largest absolute Gasteiger partial charge is 0.467 e. The molecule has 1 unspecified atom stereocenters. The number of nitrogens with one attached hydrogen (secondary N) is 1. The summed E-state index contributed by atoms with van der Waals surface area (Å²) in [5.74, 6) is 2.60. The van der Waals surface area contributed by atoms with Gasteiger partial charge in [0.2, 0.25) is 0 Å². The van der Waals surface area contributed by atoms with E-state index in [9.17, 15) is 0 Å². The van der Waals surface area contributed by atoms with E-state index in [0.717, 1.165) is 31.2 Å². The predicted octanol–water partition coefficient (Wildman–Crippen LogP) is 3.54. The lowest BCUT2D eigenvalue weighted by atomic mass is 9.99. The third-order valence-corrected chi connectivity index (χ3v) is 4.17. The lowest BCUT2D eigenvalue weighted by Gasteiger charge is -2.21. The van der Waals surface area contributed by atoms with E-state index >= 15 is 0 Å². The summed E-state index contributed by atoms with van der Waals surface area (Å²) in [7, 11) is 1.84. The Hall–Kier alpha value is -1.50. The first-order valence-corrected chi connectivity index (χ1v) is 7.87. The third kappa shape index (κ3) is 4.99. The number of aliphatic imine (C=N–C) groups is 1. The second kappa shape index (κ2) is 8.96. The van der Waals surface area contributed by atoms with Crippen molar-refractivity contribution in [3.63, 3.8) is 0 Å². The smallest absolute Gasteiger partial charge is 0.194 e. The van der Waals surface area contributed by atoms with Crippen LogP contribution in [-0.4, -0.2) is 31.0 Å². The van der Waals surface area contributed by atoms with Gasteiger partial charge in [0.05, 0.1) is 12.8 Å². The zero-order valence-electron chi connectivity index (χ0n) is 13.4. The lowest BCUT2D eigenvalue weighted by Crippen LogP contribution is -2.39. The Morgan fingerprint density at radius 3 is 2.78 bits per heavy atom. The summed E-state index contributed by atoms with van der Waals surface area (Å²) < 4.78 is 5.36. The van der Waals surface area contributed by atoms with Crippen molar-refractivity contribution in [3.8, 4) is 0 Å². The molecule has 1 N–H and O–H groups in total. The predicted molar refractivity (Wildman–Crippen MR) is 104 cm³/mol. The minimum atomic E-state index is 0. The monoisotopic (exact) mass is 425 g/mol. The first kappa shape index (κ1) is 17.8. The van der Waals surface area contributed by atoms with Crippen molar-refractivity contribution in [3.05, 3.63) is 60.1 Å². The second-order valence-corrected chi connectivity index (χ2v) is 5.77. The van der Waals surface area contributed by atoms with E-state index in [2.05, 4.69) is 45.5 Å². The topological polar surface area (TPSA) is 40.8 Å². The summed E-state index contributed by atoms with van der Waals surface area (Å²) in [6, 6.07) is 14.6. The highest BCUT2D eigenvalue weighted by atomic mass is 127. The van der Waals surface area contributed by atoms with Gasteiger partial charge < -0.3 is 14.6 Å². The van der Waals surface area contributed by atoms with Gasteiger partial charge >= 0.3 is 0 Å². The van der Waals surface area contributed by atoms with Crippen molar-refractivity contribution < 1.29 is 4.42 Å². The molecular weight excluding hydrogens is 401 g/mol. The SMILES string of the molecule is CN=C(NCc1ccco1)N1CCC(Cc2ccccc2)C1.I. The van der Waals surface area contributed by atoms with Crippen LogP contribution in [0.4, 0.5) is 0 Å². The fourth-order valence-electron chi connectivity index (χ4n) is 3.05. The van der Waals surface area contributed by atoms with Crippen molar-refractivity contribution in [1.82, 2.24) is 10.2 Å². The van der Waals surface area contributed by atoms with Gasteiger partial charge in [-0.25, -0.2) is 0 Å². The van der Waals surface area contributed by atoms with Crippen LogP contribution >= 0.6 is 24.0 Å². The van der Waals surface area contributed by atoms with Crippen LogP contribution in [0.3, 0.4) is 0 Å². The van der Waals surface area contributed by atoms with E-state index in [-0.39, 0.29) is 24.0 Å². The van der Waals surface area contributed by atoms with Gasteiger partial charge in [0.1, 0.15) is 5.76 Å². The molecule has 1 atom stereocenters. The zero-order chi connectivity index (χ0) is 15.2. The molecule has 1 fully saturated rings. The molecule has 0 amide bonds. The van der Waals surface area contributed by atoms with Crippen molar-refractivity contribution in [1.29, 1.82) is 0 Å². The van der Waals surface area contributed by atoms with E-state index in [1.807, 2.05) is 19.2 Å². The number of nitrogens with zero attached hydrogens (tertiary/aromatic N) is 2. The molecule has 2 heterocycles. The zero-order valence-corrected chi connectivity index (χ0v) is 15.8. The standard InChI is InChI=1S/C18H23N3O.HI/c1-19-18(20-13-17-8-5-11-22-17)21-10-9-16(14-21)12-15-6-3-2-4-7-15;/h2-8,11,16H,9-10,12-14H2,1H3,(H,19,20);1H.